The summed E-state index contributed by atoms with van der Waals surface area (Å²) in [5.74, 6) is -0.0945. The molecule has 8 heteroatoms. The van der Waals surface area contributed by atoms with E-state index in [4.69, 9.17) is 0 Å². The zero-order valence-electron chi connectivity index (χ0n) is 16.4. The number of benzene rings is 1. The molecule has 6 nitrogen and oxygen atoms in total. The van der Waals surface area contributed by atoms with E-state index in [0.29, 0.717) is 26.3 Å². The molecule has 3 aromatic rings. The van der Waals surface area contributed by atoms with Crippen LogP contribution in [0.1, 0.15) is 51.5 Å². The molecular formula is C20H22N4O2S2. The standard InChI is InChI=1S/C20H22N4O2S2/c1-10-6-8-15(9-7-10)22-19-23-24-20(28-19)27-14(5)18(26)17-11(2)16(13(4)25)12(3)21-17/h6-9,14,21H,1-5H3,(H,22,23)/t14-/m1/s1. The number of ketones is 2. The van der Waals surface area contributed by atoms with Gasteiger partial charge < -0.3 is 10.3 Å². The molecule has 0 radical (unpaired) electrons. The predicted octanol–water partition coefficient (Wildman–Crippen LogP) is 5.10. The smallest absolute Gasteiger partial charge is 0.210 e. The van der Waals surface area contributed by atoms with E-state index in [1.165, 1.54) is 35.6 Å². The molecule has 28 heavy (non-hydrogen) atoms. The molecule has 3 rings (SSSR count). The maximum atomic E-state index is 12.9. The number of carbonyl (C=O) groups is 2. The largest absolute Gasteiger partial charge is 0.355 e. The third-order valence-electron chi connectivity index (χ3n) is 4.39. The first kappa shape index (κ1) is 20.3. The van der Waals surface area contributed by atoms with Crippen LogP contribution in [0.2, 0.25) is 0 Å². The van der Waals surface area contributed by atoms with Crippen LogP contribution in [0.5, 0.6) is 0 Å². The van der Waals surface area contributed by atoms with Crippen molar-refractivity contribution in [3.05, 3.63) is 52.3 Å². The lowest BCUT2D eigenvalue weighted by Gasteiger charge is -2.07. The number of H-pyrrole nitrogens is 1. The van der Waals surface area contributed by atoms with Gasteiger partial charge in [0.05, 0.1) is 10.9 Å². The minimum Gasteiger partial charge on any atom is -0.355 e. The minimum absolute atomic E-state index is 0.0402. The maximum absolute atomic E-state index is 12.9. The molecule has 1 aromatic carbocycles. The van der Waals surface area contributed by atoms with Crippen molar-refractivity contribution in [2.75, 3.05) is 5.32 Å². The van der Waals surface area contributed by atoms with E-state index in [-0.39, 0.29) is 16.8 Å². The molecule has 2 heterocycles. The summed E-state index contributed by atoms with van der Waals surface area (Å²) in [6.45, 7) is 9.00. The monoisotopic (exact) mass is 414 g/mol. The van der Waals surface area contributed by atoms with Gasteiger partial charge in [-0.05, 0) is 52.3 Å². The quantitative estimate of drug-likeness (QED) is 0.413. The Morgan fingerprint density at radius 1 is 1.14 bits per heavy atom. The van der Waals surface area contributed by atoms with E-state index in [0.717, 1.165) is 11.4 Å². The normalized spacial score (nSPS) is 12.0. The molecule has 1 atom stereocenters. The number of hydrogen-bond donors (Lipinski definition) is 2. The summed E-state index contributed by atoms with van der Waals surface area (Å²) in [6.07, 6.45) is 0. The van der Waals surface area contributed by atoms with Crippen molar-refractivity contribution in [1.29, 1.82) is 0 Å². The first-order valence-corrected chi connectivity index (χ1v) is 10.5. The van der Waals surface area contributed by atoms with Crippen LogP contribution in [0.4, 0.5) is 10.8 Å². The lowest BCUT2D eigenvalue weighted by atomic mass is 10.0. The Morgan fingerprint density at radius 2 is 1.82 bits per heavy atom. The highest BCUT2D eigenvalue weighted by molar-refractivity contribution is 8.02. The van der Waals surface area contributed by atoms with Crippen LogP contribution in [-0.4, -0.2) is 32.0 Å². The number of hydrogen-bond acceptors (Lipinski definition) is 7. The van der Waals surface area contributed by atoms with Gasteiger partial charge in [0.25, 0.3) is 0 Å². The number of aromatic amines is 1. The van der Waals surface area contributed by atoms with Gasteiger partial charge >= 0.3 is 0 Å². The van der Waals surface area contributed by atoms with Crippen LogP contribution >= 0.6 is 23.1 Å². The van der Waals surface area contributed by atoms with E-state index in [9.17, 15) is 9.59 Å². The molecule has 0 aliphatic carbocycles. The fraction of sp³-hybridized carbons (Fsp3) is 0.300. The lowest BCUT2D eigenvalue weighted by Crippen LogP contribution is -2.15. The molecule has 0 spiro atoms. The van der Waals surface area contributed by atoms with E-state index in [2.05, 4.69) is 20.5 Å². The fourth-order valence-electron chi connectivity index (χ4n) is 3.00. The van der Waals surface area contributed by atoms with E-state index in [1.54, 1.807) is 6.92 Å². The molecule has 0 unspecified atom stereocenters. The number of thioether (sulfide) groups is 1. The molecule has 0 fully saturated rings. The highest BCUT2D eigenvalue weighted by Gasteiger charge is 2.25. The first-order chi connectivity index (χ1) is 13.3. The van der Waals surface area contributed by atoms with Gasteiger partial charge in [-0.15, -0.1) is 10.2 Å². The van der Waals surface area contributed by atoms with Gasteiger partial charge in [0, 0.05) is 16.9 Å². The number of anilines is 2. The molecule has 0 amide bonds. The van der Waals surface area contributed by atoms with Crippen molar-refractivity contribution < 1.29 is 9.59 Å². The zero-order valence-corrected chi connectivity index (χ0v) is 18.0. The van der Waals surface area contributed by atoms with Gasteiger partial charge in [0.15, 0.2) is 15.9 Å². The summed E-state index contributed by atoms with van der Waals surface area (Å²) in [6, 6.07) is 8.02. The second-order valence-electron chi connectivity index (χ2n) is 6.67. The Kier molecular flexibility index (Phi) is 6.00. The SMILES string of the molecule is CC(=O)c1c(C)[nH]c(C(=O)[C@@H](C)Sc2nnc(Nc3ccc(C)cc3)s2)c1C. The Bertz CT molecular complexity index is 1020. The summed E-state index contributed by atoms with van der Waals surface area (Å²) in [7, 11) is 0. The van der Waals surface area contributed by atoms with E-state index < -0.39 is 0 Å². The number of nitrogens with zero attached hydrogens (tertiary/aromatic N) is 2. The number of nitrogens with one attached hydrogen (secondary N) is 2. The third kappa shape index (κ3) is 4.34. The Labute approximate surface area is 172 Å². The van der Waals surface area contributed by atoms with Crippen LogP contribution in [0.3, 0.4) is 0 Å². The van der Waals surface area contributed by atoms with Gasteiger partial charge in [-0.1, -0.05) is 40.8 Å². The molecule has 0 bridgehead atoms. The second-order valence-corrected chi connectivity index (χ2v) is 9.24. The molecule has 0 saturated carbocycles. The summed E-state index contributed by atoms with van der Waals surface area (Å²) < 4.78 is 0.711. The highest BCUT2D eigenvalue weighted by atomic mass is 32.2. The van der Waals surface area contributed by atoms with Crippen molar-refractivity contribution in [1.82, 2.24) is 15.2 Å². The molecular weight excluding hydrogens is 392 g/mol. The first-order valence-electron chi connectivity index (χ1n) is 8.84. The molecule has 0 aliphatic rings. The zero-order chi connectivity index (χ0) is 20.4. The number of aryl methyl sites for hydroxylation is 2. The predicted molar refractivity (Wildman–Crippen MR) is 114 cm³/mol. The number of Topliss-reactive ketones (excluding diaryl/α,β-unsaturated/α-hetero) is 2. The third-order valence-corrected chi connectivity index (χ3v) is 6.41. The van der Waals surface area contributed by atoms with Gasteiger partial charge in [0.2, 0.25) is 5.13 Å². The van der Waals surface area contributed by atoms with Crippen LogP contribution in [0, 0.1) is 20.8 Å². The summed E-state index contributed by atoms with van der Waals surface area (Å²) in [5, 5.41) is 11.9. The molecule has 2 N–H and O–H groups in total. The number of aromatic nitrogens is 3. The number of rotatable bonds is 7. The van der Waals surface area contributed by atoms with E-state index >= 15 is 0 Å². The van der Waals surface area contributed by atoms with Crippen molar-refractivity contribution in [3.8, 4) is 0 Å². The lowest BCUT2D eigenvalue weighted by molar-refractivity contribution is 0.0988. The maximum Gasteiger partial charge on any atom is 0.210 e. The van der Waals surface area contributed by atoms with Crippen molar-refractivity contribution in [2.45, 2.75) is 44.2 Å². The average molecular weight is 415 g/mol. The van der Waals surface area contributed by atoms with Crippen molar-refractivity contribution in [2.24, 2.45) is 0 Å². The summed E-state index contributed by atoms with van der Waals surface area (Å²) in [5.41, 5.74) is 4.66. The summed E-state index contributed by atoms with van der Waals surface area (Å²) in [4.78, 5) is 27.7. The molecule has 146 valence electrons. The minimum atomic E-state index is -0.350. The highest BCUT2D eigenvalue weighted by Crippen LogP contribution is 2.32. The van der Waals surface area contributed by atoms with Crippen molar-refractivity contribution in [3.63, 3.8) is 0 Å². The fourth-order valence-corrected chi connectivity index (χ4v) is 4.98. The molecule has 0 aliphatic heterocycles. The van der Waals surface area contributed by atoms with E-state index in [1.807, 2.05) is 45.0 Å². The van der Waals surface area contributed by atoms with Crippen LogP contribution in [0.25, 0.3) is 0 Å². The Hall–Kier alpha value is -2.45. The van der Waals surface area contributed by atoms with Gasteiger partial charge in [0.1, 0.15) is 0 Å². The molecule has 0 saturated heterocycles. The Balaban J connectivity index is 1.70. The Morgan fingerprint density at radius 3 is 2.43 bits per heavy atom. The van der Waals surface area contributed by atoms with Gasteiger partial charge in [-0.3, -0.25) is 9.59 Å². The topological polar surface area (TPSA) is 87.7 Å². The van der Waals surface area contributed by atoms with Crippen molar-refractivity contribution >= 4 is 45.5 Å². The van der Waals surface area contributed by atoms with Crippen LogP contribution in [-0.2, 0) is 0 Å². The number of carbonyl (C=O) groups excluding carboxylic acids is 2. The van der Waals surface area contributed by atoms with Gasteiger partial charge in [-0.25, -0.2) is 0 Å². The van der Waals surface area contributed by atoms with Crippen LogP contribution in [0.15, 0.2) is 28.6 Å². The van der Waals surface area contributed by atoms with Gasteiger partial charge in [-0.2, -0.15) is 0 Å². The van der Waals surface area contributed by atoms with Crippen LogP contribution < -0.4 is 5.32 Å². The molecule has 2 aromatic heterocycles. The average Bonchev–Trinajstić information content (AvgIpc) is 3.19. The second kappa shape index (κ2) is 8.28. The summed E-state index contributed by atoms with van der Waals surface area (Å²) >= 11 is 2.77.